The quantitative estimate of drug-likeness (QED) is 0.394. The SMILES string of the molecule is CCCCCCCOCCC=O. The lowest BCUT2D eigenvalue weighted by Crippen LogP contribution is -1.97. The van der Waals surface area contributed by atoms with E-state index in [4.69, 9.17) is 4.74 Å². The summed E-state index contributed by atoms with van der Waals surface area (Å²) in [5, 5.41) is 0. The first kappa shape index (κ1) is 11.6. The normalized spacial score (nSPS) is 10.1. The molecule has 0 aliphatic carbocycles. The molecule has 0 radical (unpaired) electrons. The maximum Gasteiger partial charge on any atom is 0.122 e. The van der Waals surface area contributed by atoms with Crippen molar-refractivity contribution in [2.45, 2.75) is 45.4 Å². The molecule has 2 nitrogen and oxygen atoms in total. The molecule has 0 heterocycles. The van der Waals surface area contributed by atoms with Gasteiger partial charge in [-0.15, -0.1) is 0 Å². The Morgan fingerprint density at radius 3 is 2.50 bits per heavy atom. The van der Waals surface area contributed by atoms with E-state index in [1.807, 2.05) is 0 Å². The van der Waals surface area contributed by atoms with Crippen molar-refractivity contribution in [2.24, 2.45) is 0 Å². The third-order valence-corrected chi connectivity index (χ3v) is 1.77. The summed E-state index contributed by atoms with van der Waals surface area (Å²) < 4.78 is 5.22. The lowest BCUT2D eigenvalue weighted by Gasteiger charge is -2.00. The summed E-state index contributed by atoms with van der Waals surface area (Å²) in [6.07, 6.45) is 7.76. The van der Waals surface area contributed by atoms with E-state index >= 15 is 0 Å². The van der Waals surface area contributed by atoms with Gasteiger partial charge in [0.2, 0.25) is 0 Å². The fourth-order valence-corrected chi connectivity index (χ4v) is 1.04. The summed E-state index contributed by atoms with van der Waals surface area (Å²) in [6, 6.07) is 0. The van der Waals surface area contributed by atoms with Crippen LogP contribution < -0.4 is 0 Å². The first-order chi connectivity index (χ1) is 5.91. The van der Waals surface area contributed by atoms with Gasteiger partial charge in [-0.1, -0.05) is 32.6 Å². The van der Waals surface area contributed by atoms with E-state index < -0.39 is 0 Å². The molecule has 0 aromatic rings. The molecule has 72 valence electrons. The Hall–Kier alpha value is -0.370. The second kappa shape index (κ2) is 10.6. The van der Waals surface area contributed by atoms with Gasteiger partial charge in [0.15, 0.2) is 0 Å². The number of carbonyl (C=O) groups excluding carboxylic acids is 1. The highest BCUT2D eigenvalue weighted by molar-refractivity contribution is 5.49. The zero-order valence-electron chi connectivity index (χ0n) is 8.05. The van der Waals surface area contributed by atoms with Crippen LogP contribution in [-0.4, -0.2) is 19.5 Å². The predicted molar refractivity (Wildman–Crippen MR) is 50.3 cm³/mol. The monoisotopic (exact) mass is 172 g/mol. The molecule has 2 heteroatoms. The number of hydrogen-bond acceptors (Lipinski definition) is 2. The minimum absolute atomic E-state index is 0.537. The first-order valence-electron chi connectivity index (χ1n) is 4.93. The van der Waals surface area contributed by atoms with Gasteiger partial charge in [0.05, 0.1) is 6.61 Å². The van der Waals surface area contributed by atoms with E-state index in [9.17, 15) is 4.79 Å². The summed E-state index contributed by atoms with van der Waals surface area (Å²) in [7, 11) is 0. The summed E-state index contributed by atoms with van der Waals surface area (Å²) in [6.45, 7) is 3.62. The van der Waals surface area contributed by atoms with Gasteiger partial charge in [-0.2, -0.15) is 0 Å². The van der Waals surface area contributed by atoms with Crippen LogP contribution in [-0.2, 0) is 9.53 Å². The van der Waals surface area contributed by atoms with Gasteiger partial charge < -0.3 is 9.53 Å². The van der Waals surface area contributed by atoms with Gasteiger partial charge in [-0.3, -0.25) is 0 Å². The molecule has 0 spiro atoms. The minimum Gasteiger partial charge on any atom is -0.381 e. The third kappa shape index (κ3) is 9.63. The summed E-state index contributed by atoms with van der Waals surface area (Å²) >= 11 is 0. The lowest BCUT2D eigenvalue weighted by molar-refractivity contribution is -0.108. The molecule has 0 N–H and O–H groups in total. The zero-order valence-corrected chi connectivity index (χ0v) is 8.05. The Kier molecular flexibility index (Phi) is 10.3. The first-order valence-corrected chi connectivity index (χ1v) is 4.93. The standard InChI is InChI=1S/C10H20O2/c1-2-3-4-5-6-9-12-10-7-8-11/h8H,2-7,9-10H2,1H3. The van der Waals surface area contributed by atoms with Gasteiger partial charge in [-0.05, 0) is 6.42 Å². The maximum atomic E-state index is 9.90. The Morgan fingerprint density at radius 2 is 1.83 bits per heavy atom. The fraction of sp³-hybridized carbons (Fsp3) is 0.900. The summed E-state index contributed by atoms with van der Waals surface area (Å²) in [5.74, 6) is 0. The molecular weight excluding hydrogens is 152 g/mol. The maximum absolute atomic E-state index is 9.90. The van der Waals surface area contributed by atoms with Crippen LogP contribution in [0.3, 0.4) is 0 Å². The molecule has 0 rings (SSSR count). The zero-order chi connectivity index (χ0) is 9.07. The van der Waals surface area contributed by atoms with Crippen LogP contribution in [0.1, 0.15) is 45.4 Å². The molecule has 12 heavy (non-hydrogen) atoms. The van der Waals surface area contributed by atoms with E-state index in [2.05, 4.69) is 6.92 Å². The van der Waals surface area contributed by atoms with E-state index in [1.165, 1.54) is 25.7 Å². The molecule has 0 aliphatic heterocycles. The van der Waals surface area contributed by atoms with E-state index in [0.717, 1.165) is 19.3 Å². The highest BCUT2D eigenvalue weighted by Gasteiger charge is 1.89. The molecule has 0 amide bonds. The van der Waals surface area contributed by atoms with Gasteiger partial charge in [0.1, 0.15) is 6.29 Å². The van der Waals surface area contributed by atoms with Crippen molar-refractivity contribution in [3.63, 3.8) is 0 Å². The second-order valence-corrected chi connectivity index (χ2v) is 2.98. The van der Waals surface area contributed by atoms with Crippen molar-refractivity contribution in [1.29, 1.82) is 0 Å². The Bertz CT molecular complexity index is 91.8. The minimum atomic E-state index is 0.537. The smallest absolute Gasteiger partial charge is 0.122 e. The van der Waals surface area contributed by atoms with Crippen molar-refractivity contribution in [3.8, 4) is 0 Å². The largest absolute Gasteiger partial charge is 0.381 e. The molecular formula is C10H20O2. The van der Waals surface area contributed by atoms with E-state index in [1.54, 1.807) is 0 Å². The number of hydrogen-bond donors (Lipinski definition) is 0. The molecule has 0 atom stereocenters. The highest BCUT2D eigenvalue weighted by atomic mass is 16.5. The van der Waals surface area contributed by atoms with Gasteiger partial charge >= 0.3 is 0 Å². The molecule has 0 saturated carbocycles. The average Bonchev–Trinajstić information content (AvgIpc) is 2.10. The molecule has 0 saturated heterocycles. The molecule has 0 aliphatic rings. The number of unbranched alkanes of at least 4 members (excludes halogenated alkanes) is 4. The number of ether oxygens (including phenoxy) is 1. The van der Waals surface area contributed by atoms with Gasteiger partial charge in [0.25, 0.3) is 0 Å². The Labute approximate surface area is 75.3 Å². The lowest BCUT2D eigenvalue weighted by atomic mass is 10.2. The number of rotatable bonds is 9. The average molecular weight is 172 g/mol. The van der Waals surface area contributed by atoms with Crippen LogP contribution in [0, 0.1) is 0 Å². The molecule has 0 aromatic heterocycles. The van der Waals surface area contributed by atoms with Crippen LogP contribution in [0.5, 0.6) is 0 Å². The summed E-state index contributed by atoms with van der Waals surface area (Å²) in [5.41, 5.74) is 0. The van der Waals surface area contributed by atoms with Gasteiger partial charge in [0, 0.05) is 13.0 Å². The molecule has 0 aromatic carbocycles. The molecule has 0 bridgehead atoms. The van der Waals surface area contributed by atoms with Crippen molar-refractivity contribution in [1.82, 2.24) is 0 Å². The Morgan fingerprint density at radius 1 is 1.08 bits per heavy atom. The fourth-order valence-electron chi connectivity index (χ4n) is 1.04. The Balaban J connectivity index is 2.77. The number of aldehydes is 1. The van der Waals surface area contributed by atoms with Crippen LogP contribution in [0.15, 0.2) is 0 Å². The van der Waals surface area contributed by atoms with E-state index in [-0.39, 0.29) is 0 Å². The van der Waals surface area contributed by atoms with Gasteiger partial charge in [-0.25, -0.2) is 0 Å². The van der Waals surface area contributed by atoms with Crippen molar-refractivity contribution < 1.29 is 9.53 Å². The van der Waals surface area contributed by atoms with Crippen molar-refractivity contribution in [3.05, 3.63) is 0 Å². The van der Waals surface area contributed by atoms with Crippen LogP contribution in [0.25, 0.3) is 0 Å². The predicted octanol–water partition coefficient (Wildman–Crippen LogP) is 2.56. The topological polar surface area (TPSA) is 26.3 Å². The van der Waals surface area contributed by atoms with Crippen LogP contribution in [0.2, 0.25) is 0 Å². The molecule has 0 fully saturated rings. The molecule has 0 unspecified atom stereocenters. The van der Waals surface area contributed by atoms with Crippen molar-refractivity contribution >= 4 is 6.29 Å². The van der Waals surface area contributed by atoms with Crippen molar-refractivity contribution in [2.75, 3.05) is 13.2 Å². The number of carbonyl (C=O) groups is 1. The van der Waals surface area contributed by atoms with E-state index in [0.29, 0.717) is 13.0 Å². The van der Waals surface area contributed by atoms with Crippen LogP contribution >= 0.6 is 0 Å². The highest BCUT2D eigenvalue weighted by Crippen LogP contribution is 2.02. The van der Waals surface area contributed by atoms with Crippen LogP contribution in [0.4, 0.5) is 0 Å². The second-order valence-electron chi connectivity index (χ2n) is 2.98. The summed E-state index contributed by atoms with van der Waals surface area (Å²) in [4.78, 5) is 9.90. The third-order valence-electron chi connectivity index (χ3n) is 1.77.